The van der Waals surface area contributed by atoms with Crippen LogP contribution in [0, 0.1) is 0 Å². The number of nitrogens with zero attached hydrogens (tertiary/aromatic N) is 4. The Morgan fingerprint density at radius 1 is 0.932 bits per heavy atom. The summed E-state index contributed by atoms with van der Waals surface area (Å²) in [5, 5.41) is 13.3. The highest BCUT2D eigenvalue weighted by atomic mass is 35.5. The second kappa shape index (κ2) is 14.7. The highest BCUT2D eigenvalue weighted by Gasteiger charge is 2.29. The molecule has 1 amide bonds. The first kappa shape index (κ1) is 30.1. The Labute approximate surface area is 264 Å². The van der Waals surface area contributed by atoms with Crippen LogP contribution in [0.4, 0.5) is 4.79 Å². The van der Waals surface area contributed by atoms with E-state index in [0.29, 0.717) is 19.4 Å². The molecule has 7 nitrogen and oxygen atoms in total. The number of nitrogens with one attached hydrogen (secondary N) is 1. The summed E-state index contributed by atoms with van der Waals surface area (Å²) in [6.45, 7) is 2.51. The maximum absolute atomic E-state index is 13.2. The van der Waals surface area contributed by atoms with E-state index >= 15 is 0 Å². The van der Waals surface area contributed by atoms with Crippen LogP contribution in [0.2, 0.25) is 5.02 Å². The predicted octanol–water partition coefficient (Wildman–Crippen LogP) is 7.28. The number of alkyl carbamates (subject to hydrolysis) is 1. The topological polar surface area (TPSA) is 72.3 Å². The van der Waals surface area contributed by atoms with Gasteiger partial charge in [0.15, 0.2) is 0 Å². The van der Waals surface area contributed by atoms with Gasteiger partial charge in [-0.2, -0.15) is 0 Å². The van der Waals surface area contributed by atoms with Crippen LogP contribution < -0.4 is 5.32 Å². The minimum atomic E-state index is -0.354. The van der Waals surface area contributed by atoms with Gasteiger partial charge in [-0.05, 0) is 79.3 Å². The molecule has 228 valence electrons. The van der Waals surface area contributed by atoms with E-state index in [-0.39, 0.29) is 24.3 Å². The maximum Gasteiger partial charge on any atom is 0.407 e. The quantitative estimate of drug-likeness (QED) is 0.193. The smallest absolute Gasteiger partial charge is 0.407 e. The lowest BCUT2D eigenvalue weighted by Gasteiger charge is -2.29. The standard InChI is InChI=1S/C36H40ClN5O2/c37-31-17-15-29(16-18-31)30-19-21-41(22-20-30)25-32-26-42(40-39-32)35(24-28-11-5-2-6-12-28)34(23-27-9-3-1-4-10-27)38-36(43)44-33-13-7-8-14-33/h1-6,9-12,15-19,26,33-35H,7-8,13-14,20-25H2,(H,38,43)/t34-,35-/m0/s1. The molecule has 2 aliphatic rings. The van der Waals surface area contributed by atoms with Crippen molar-refractivity contribution in [1.82, 2.24) is 25.2 Å². The van der Waals surface area contributed by atoms with Crippen molar-refractivity contribution in [2.24, 2.45) is 0 Å². The average molecular weight is 610 g/mol. The zero-order chi connectivity index (χ0) is 30.1. The van der Waals surface area contributed by atoms with Crippen molar-refractivity contribution in [3.05, 3.63) is 125 Å². The second-order valence-corrected chi connectivity index (χ2v) is 12.4. The molecule has 6 rings (SSSR count). The molecule has 1 aliphatic heterocycles. The largest absolute Gasteiger partial charge is 0.446 e. The van der Waals surface area contributed by atoms with Crippen molar-refractivity contribution in [1.29, 1.82) is 0 Å². The van der Waals surface area contributed by atoms with Crippen LogP contribution >= 0.6 is 11.6 Å². The molecule has 44 heavy (non-hydrogen) atoms. The lowest BCUT2D eigenvalue weighted by Crippen LogP contribution is -2.45. The summed E-state index contributed by atoms with van der Waals surface area (Å²) in [5.74, 6) is 0. The van der Waals surface area contributed by atoms with E-state index in [2.05, 4.69) is 75.1 Å². The molecule has 1 fully saturated rings. The number of carbonyl (C=O) groups is 1. The van der Waals surface area contributed by atoms with E-state index < -0.39 is 0 Å². The van der Waals surface area contributed by atoms with E-state index in [9.17, 15) is 4.79 Å². The molecule has 3 aromatic carbocycles. The minimum absolute atomic E-state index is 0.00304. The van der Waals surface area contributed by atoms with Gasteiger partial charge in [0, 0.05) is 24.7 Å². The Balaban J connectivity index is 1.20. The van der Waals surface area contributed by atoms with Crippen molar-refractivity contribution in [2.45, 2.75) is 69.7 Å². The number of amides is 1. The maximum atomic E-state index is 13.2. The molecule has 1 aliphatic carbocycles. The molecule has 0 saturated heterocycles. The summed E-state index contributed by atoms with van der Waals surface area (Å²) in [5.41, 5.74) is 5.82. The van der Waals surface area contributed by atoms with Gasteiger partial charge < -0.3 is 10.1 Å². The predicted molar refractivity (Wildman–Crippen MR) is 174 cm³/mol. The molecule has 2 atom stereocenters. The van der Waals surface area contributed by atoms with Gasteiger partial charge in [-0.15, -0.1) is 5.10 Å². The van der Waals surface area contributed by atoms with Crippen LogP contribution in [0.15, 0.2) is 97.2 Å². The zero-order valence-electron chi connectivity index (χ0n) is 25.0. The highest BCUT2D eigenvalue weighted by Crippen LogP contribution is 2.26. The third-order valence-electron chi connectivity index (χ3n) is 8.72. The molecule has 4 aromatic rings. The van der Waals surface area contributed by atoms with Crippen LogP contribution in [0.5, 0.6) is 0 Å². The Kier molecular flexibility index (Phi) is 10.1. The Morgan fingerprint density at radius 2 is 1.61 bits per heavy atom. The number of benzene rings is 3. The second-order valence-electron chi connectivity index (χ2n) is 11.9. The first-order valence-electron chi connectivity index (χ1n) is 15.7. The number of halogens is 1. The van der Waals surface area contributed by atoms with Gasteiger partial charge in [-0.3, -0.25) is 4.90 Å². The van der Waals surface area contributed by atoms with E-state index in [4.69, 9.17) is 16.3 Å². The summed E-state index contributed by atoms with van der Waals surface area (Å²) in [7, 11) is 0. The zero-order valence-corrected chi connectivity index (χ0v) is 25.8. The molecule has 1 aromatic heterocycles. The number of ether oxygens (including phenoxy) is 1. The van der Waals surface area contributed by atoms with E-state index in [1.54, 1.807) is 0 Å². The summed E-state index contributed by atoms with van der Waals surface area (Å²) in [4.78, 5) is 15.6. The number of hydrogen-bond acceptors (Lipinski definition) is 5. The SMILES string of the molecule is O=C(N[C@@H](Cc1ccccc1)[C@H](Cc1ccccc1)n1cc(CN2CC=C(c3ccc(Cl)cc3)CC2)nn1)OC1CCCC1. The van der Waals surface area contributed by atoms with Crippen LogP contribution in [-0.4, -0.2) is 51.2 Å². The van der Waals surface area contributed by atoms with Gasteiger partial charge in [0.1, 0.15) is 6.10 Å². The van der Waals surface area contributed by atoms with E-state index in [1.165, 1.54) is 16.7 Å². The molecular weight excluding hydrogens is 570 g/mol. The molecule has 8 heteroatoms. The summed E-state index contributed by atoms with van der Waals surface area (Å²) >= 11 is 6.08. The minimum Gasteiger partial charge on any atom is -0.446 e. The molecule has 0 bridgehead atoms. The molecule has 0 unspecified atom stereocenters. The van der Waals surface area contributed by atoms with Crippen LogP contribution in [0.3, 0.4) is 0 Å². The first-order valence-corrected chi connectivity index (χ1v) is 16.1. The lowest BCUT2D eigenvalue weighted by atomic mass is 9.94. The van der Waals surface area contributed by atoms with Gasteiger partial charge in [0.2, 0.25) is 0 Å². The Bertz CT molecular complexity index is 1520. The normalized spacial score (nSPS) is 17.2. The van der Waals surface area contributed by atoms with Crippen LogP contribution in [0.1, 0.15) is 60.5 Å². The summed E-state index contributed by atoms with van der Waals surface area (Å²) < 4.78 is 7.80. The number of rotatable bonds is 11. The van der Waals surface area contributed by atoms with Gasteiger partial charge >= 0.3 is 6.09 Å². The van der Waals surface area contributed by atoms with Gasteiger partial charge in [0.25, 0.3) is 0 Å². The number of hydrogen-bond donors (Lipinski definition) is 1. The van der Waals surface area contributed by atoms with Crippen molar-refractivity contribution in [3.8, 4) is 0 Å². The molecular formula is C36H40ClN5O2. The third-order valence-corrected chi connectivity index (χ3v) is 8.97. The molecule has 0 radical (unpaired) electrons. The lowest BCUT2D eigenvalue weighted by molar-refractivity contribution is 0.0946. The fourth-order valence-electron chi connectivity index (χ4n) is 6.33. The van der Waals surface area contributed by atoms with Crippen LogP contribution in [0.25, 0.3) is 5.57 Å². The first-order chi connectivity index (χ1) is 21.6. The summed E-state index contributed by atoms with van der Waals surface area (Å²) in [6.07, 6.45) is 10.4. The van der Waals surface area contributed by atoms with E-state index in [1.807, 2.05) is 47.3 Å². The van der Waals surface area contributed by atoms with E-state index in [0.717, 1.165) is 61.5 Å². The van der Waals surface area contributed by atoms with Crippen molar-refractivity contribution in [2.75, 3.05) is 13.1 Å². The van der Waals surface area contributed by atoms with Crippen molar-refractivity contribution in [3.63, 3.8) is 0 Å². The van der Waals surface area contributed by atoms with Gasteiger partial charge in [0.05, 0.1) is 24.0 Å². The third kappa shape index (κ3) is 8.16. The molecule has 0 spiro atoms. The molecule has 1 saturated carbocycles. The number of aromatic nitrogens is 3. The average Bonchev–Trinajstić information content (AvgIpc) is 3.74. The fourth-order valence-corrected chi connectivity index (χ4v) is 6.45. The number of carbonyl (C=O) groups excluding carboxylic acids is 1. The van der Waals surface area contributed by atoms with Crippen molar-refractivity contribution >= 4 is 23.3 Å². The monoisotopic (exact) mass is 609 g/mol. The van der Waals surface area contributed by atoms with Gasteiger partial charge in [-0.1, -0.05) is 95.7 Å². The highest BCUT2D eigenvalue weighted by molar-refractivity contribution is 6.30. The Morgan fingerprint density at radius 3 is 2.27 bits per heavy atom. The fraction of sp³-hybridized carbons (Fsp3) is 0.361. The Hall–Kier alpha value is -3.94. The van der Waals surface area contributed by atoms with Gasteiger partial charge in [-0.25, -0.2) is 9.48 Å². The molecule has 2 heterocycles. The van der Waals surface area contributed by atoms with Crippen LogP contribution in [-0.2, 0) is 24.1 Å². The van der Waals surface area contributed by atoms with Crippen molar-refractivity contribution < 1.29 is 9.53 Å². The molecule has 1 N–H and O–H groups in total. The summed E-state index contributed by atoms with van der Waals surface area (Å²) in [6, 6.07) is 28.3.